The summed E-state index contributed by atoms with van der Waals surface area (Å²) in [5, 5.41) is 13.9. The number of nitrogens with zero attached hydrogens (tertiary/aromatic N) is 5. The Balaban J connectivity index is 1.31. The number of aromatic nitrogens is 5. The molecule has 0 bridgehead atoms. The summed E-state index contributed by atoms with van der Waals surface area (Å²) in [7, 11) is 0. The van der Waals surface area contributed by atoms with Gasteiger partial charge in [0.1, 0.15) is 12.2 Å². The Morgan fingerprint density at radius 1 is 1.17 bits per heavy atom. The van der Waals surface area contributed by atoms with Crippen molar-refractivity contribution >= 4 is 11.8 Å². The number of alkyl halides is 3. The molecule has 1 saturated carbocycles. The first-order valence-electron chi connectivity index (χ1n) is 9.29. The maximum atomic E-state index is 12.4. The summed E-state index contributed by atoms with van der Waals surface area (Å²) in [6.07, 6.45) is -0.206. The quantitative estimate of drug-likeness (QED) is 0.625. The van der Waals surface area contributed by atoms with Crippen LogP contribution in [0.4, 0.5) is 24.9 Å². The minimum atomic E-state index is -4.39. The normalized spacial score (nSPS) is 19.0. The van der Waals surface area contributed by atoms with Crippen molar-refractivity contribution in [1.29, 1.82) is 0 Å². The topological polar surface area (TPSA) is 111 Å². The van der Waals surface area contributed by atoms with Crippen LogP contribution in [0.2, 0.25) is 0 Å². The summed E-state index contributed by atoms with van der Waals surface area (Å²) >= 11 is 0. The first-order valence-corrected chi connectivity index (χ1v) is 9.29. The molecule has 0 radical (unpaired) electrons. The second-order valence-electron chi connectivity index (χ2n) is 6.97. The molecule has 0 saturated heterocycles. The van der Waals surface area contributed by atoms with E-state index in [4.69, 9.17) is 0 Å². The van der Waals surface area contributed by atoms with Crippen LogP contribution in [0.1, 0.15) is 25.2 Å². The molecule has 1 fully saturated rings. The van der Waals surface area contributed by atoms with Gasteiger partial charge in [-0.2, -0.15) is 27.9 Å². The fraction of sp³-hybridized carbons (Fsp3) is 0.389. The first kappa shape index (κ1) is 19.9. The van der Waals surface area contributed by atoms with Crippen molar-refractivity contribution in [3.8, 4) is 5.69 Å². The van der Waals surface area contributed by atoms with Crippen LogP contribution in [0.5, 0.6) is 0 Å². The lowest BCUT2D eigenvalue weighted by atomic mass is 10.2. The minimum absolute atomic E-state index is 0.00482. The van der Waals surface area contributed by atoms with E-state index in [1.807, 2.05) is 0 Å². The van der Waals surface area contributed by atoms with Crippen molar-refractivity contribution in [3.05, 3.63) is 52.9 Å². The van der Waals surface area contributed by atoms with Gasteiger partial charge in [-0.25, -0.2) is 4.98 Å². The van der Waals surface area contributed by atoms with Gasteiger partial charge in [-0.3, -0.25) is 4.79 Å². The van der Waals surface area contributed by atoms with E-state index < -0.39 is 18.5 Å². The van der Waals surface area contributed by atoms with Crippen LogP contribution in [0.3, 0.4) is 0 Å². The third-order valence-corrected chi connectivity index (χ3v) is 4.65. The van der Waals surface area contributed by atoms with Gasteiger partial charge in [0.05, 0.1) is 11.9 Å². The van der Waals surface area contributed by atoms with Gasteiger partial charge in [0, 0.05) is 24.3 Å². The first-order chi connectivity index (χ1) is 14.4. The number of rotatable bonds is 6. The van der Waals surface area contributed by atoms with Crippen LogP contribution >= 0.6 is 0 Å². The van der Waals surface area contributed by atoms with Gasteiger partial charge in [-0.15, -0.1) is 0 Å². The molecular weight excluding hydrogens is 403 g/mol. The van der Waals surface area contributed by atoms with Gasteiger partial charge in [-0.05, 0) is 42.6 Å². The Morgan fingerprint density at radius 3 is 2.67 bits per heavy atom. The lowest BCUT2D eigenvalue weighted by molar-refractivity contribution is -0.131. The van der Waals surface area contributed by atoms with E-state index in [0.29, 0.717) is 17.9 Å². The van der Waals surface area contributed by atoms with E-state index in [9.17, 15) is 18.0 Å². The highest BCUT2D eigenvalue weighted by molar-refractivity contribution is 5.41. The third-order valence-electron chi connectivity index (χ3n) is 4.65. The summed E-state index contributed by atoms with van der Waals surface area (Å²) in [5.41, 5.74) is 0.313. The molecule has 0 spiro atoms. The molecule has 0 amide bonds. The average Bonchev–Trinajstić information content (AvgIpc) is 3.31. The molecule has 3 heterocycles. The molecule has 12 heteroatoms. The minimum Gasteiger partial charge on any atom is -0.367 e. The highest BCUT2D eigenvalue weighted by atomic mass is 19.4. The lowest BCUT2D eigenvalue weighted by Gasteiger charge is -2.14. The van der Waals surface area contributed by atoms with Crippen molar-refractivity contribution < 1.29 is 17.7 Å². The zero-order valence-corrected chi connectivity index (χ0v) is 15.6. The molecule has 0 unspecified atom stereocenters. The lowest BCUT2D eigenvalue weighted by Crippen LogP contribution is -2.22. The van der Waals surface area contributed by atoms with Crippen LogP contribution in [-0.4, -0.2) is 43.2 Å². The Hall–Kier alpha value is -3.44. The fourth-order valence-electron chi connectivity index (χ4n) is 3.34. The third kappa shape index (κ3) is 4.93. The maximum absolute atomic E-state index is 12.4. The maximum Gasteiger partial charge on any atom is 0.397 e. The predicted molar refractivity (Wildman–Crippen MR) is 100 cm³/mol. The van der Waals surface area contributed by atoms with E-state index >= 15 is 0 Å². The summed E-state index contributed by atoms with van der Waals surface area (Å²) < 4.78 is 43.0. The van der Waals surface area contributed by atoms with E-state index in [0.717, 1.165) is 12.8 Å². The molecule has 30 heavy (non-hydrogen) atoms. The Morgan fingerprint density at radius 2 is 1.97 bits per heavy atom. The molecule has 2 atom stereocenters. The van der Waals surface area contributed by atoms with Crippen LogP contribution in [0, 0.1) is 0 Å². The van der Waals surface area contributed by atoms with Crippen molar-refractivity contribution in [2.45, 2.75) is 43.9 Å². The molecule has 2 N–H and O–H groups in total. The average molecular weight is 421 g/mol. The van der Waals surface area contributed by atoms with E-state index in [1.54, 1.807) is 24.4 Å². The number of hydrogen-bond donors (Lipinski definition) is 2. The molecular formula is C18H18F3N7O2. The van der Waals surface area contributed by atoms with Gasteiger partial charge in [-0.1, -0.05) is 0 Å². The molecule has 1 aliphatic rings. The van der Waals surface area contributed by atoms with Crippen LogP contribution < -0.4 is 16.2 Å². The number of pyridine rings is 1. The highest BCUT2D eigenvalue weighted by Crippen LogP contribution is 2.26. The number of hydrogen-bond acceptors (Lipinski definition) is 8. The van der Waals surface area contributed by atoms with Crippen LogP contribution in [0.15, 0.2) is 46.0 Å². The summed E-state index contributed by atoms with van der Waals surface area (Å²) in [6.45, 7) is 0. The zero-order valence-electron chi connectivity index (χ0n) is 15.6. The van der Waals surface area contributed by atoms with Crippen LogP contribution in [-0.2, 0) is 6.42 Å². The molecule has 0 aliphatic heterocycles. The zero-order chi connectivity index (χ0) is 21.1. The van der Waals surface area contributed by atoms with Gasteiger partial charge >= 0.3 is 6.18 Å². The fourth-order valence-corrected chi connectivity index (χ4v) is 3.34. The van der Waals surface area contributed by atoms with Gasteiger partial charge in [0.15, 0.2) is 0 Å². The largest absolute Gasteiger partial charge is 0.397 e. The molecule has 158 valence electrons. The SMILES string of the molecule is O=c1cccnn1-c1ccc(N[C@H]2CC[C@H](Nc3noc(CC(F)(F)F)n3)C2)nc1. The smallest absolute Gasteiger partial charge is 0.367 e. The number of nitrogens with one attached hydrogen (secondary N) is 2. The summed E-state index contributed by atoms with van der Waals surface area (Å²) in [4.78, 5) is 19.9. The molecule has 9 nitrogen and oxygen atoms in total. The molecule has 1 aliphatic carbocycles. The molecule has 4 rings (SSSR count). The van der Waals surface area contributed by atoms with Crippen LogP contribution in [0.25, 0.3) is 5.69 Å². The van der Waals surface area contributed by atoms with Crippen molar-refractivity contribution in [2.24, 2.45) is 0 Å². The van der Waals surface area contributed by atoms with E-state index in [2.05, 4.69) is 35.4 Å². The molecule has 3 aromatic rings. The monoisotopic (exact) mass is 421 g/mol. The summed E-state index contributed by atoms with van der Waals surface area (Å²) in [6, 6.07) is 6.62. The van der Waals surface area contributed by atoms with E-state index in [-0.39, 0.29) is 23.6 Å². The highest BCUT2D eigenvalue weighted by Gasteiger charge is 2.32. The second-order valence-corrected chi connectivity index (χ2v) is 6.97. The van der Waals surface area contributed by atoms with Gasteiger partial charge in [0.2, 0.25) is 5.89 Å². The van der Waals surface area contributed by atoms with Gasteiger partial charge in [0.25, 0.3) is 11.5 Å². The Labute approximate surface area is 168 Å². The second kappa shape index (κ2) is 8.13. The van der Waals surface area contributed by atoms with Crippen molar-refractivity contribution in [1.82, 2.24) is 24.9 Å². The molecule has 0 aromatic carbocycles. The Bertz CT molecular complexity index is 1050. The van der Waals surface area contributed by atoms with Crippen molar-refractivity contribution in [2.75, 3.05) is 10.6 Å². The standard InChI is InChI=1S/C18H18F3N7O2/c19-18(20,21)9-15-26-17(27-30-15)25-12-4-3-11(8-12)24-14-6-5-13(10-22-14)28-16(29)2-1-7-23-28/h1-2,5-7,10-12H,3-4,8-9H2,(H,22,24)(H,25,27)/t11-,12-/m0/s1. The predicted octanol–water partition coefficient (Wildman–Crippen LogP) is 2.56. The van der Waals surface area contributed by atoms with Crippen molar-refractivity contribution in [3.63, 3.8) is 0 Å². The molecule has 3 aromatic heterocycles. The number of anilines is 2. The van der Waals surface area contributed by atoms with E-state index in [1.165, 1.54) is 16.9 Å². The van der Waals surface area contributed by atoms with Gasteiger partial charge < -0.3 is 15.2 Å². The Kier molecular flexibility index (Phi) is 5.38. The summed E-state index contributed by atoms with van der Waals surface area (Å²) in [5.74, 6) is 0.248. The number of halogens is 3.